The second kappa shape index (κ2) is 6.91. The lowest BCUT2D eigenvalue weighted by Gasteiger charge is -2.16. The van der Waals surface area contributed by atoms with Gasteiger partial charge in [0.25, 0.3) is 0 Å². The molecule has 94 valence electrons. The second-order valence-electron chi connectivity index (χ2n) is 3.53. The molecule has 1 aromatic carbocycles. The second-order valence-corrected chi connectivity index (χ2v) is 3.53. The van der Waals surface area contributed by atoms with Crippen molar-refractivity contribution in [2.45, 2.75) is 26.4 Å². The fourth-order valence-electron chi connectivity index (χ4n) is 1.53. The van der Waals surface area contributed by atoms with Crippen LogP contribution in [-0.4, -0.2) is 30.4 Å². The van der Waals surface area contributed by atoms with Crippen LogP contribution in [-0.2, 0) is 20.7 Å². The van der Waals surface area contributed by atoms with Crippen molar-refractivity contribution in [3.8, 4) is 5.75 Å². The van der Waals surface area contributed by atoms with Gasteiger partial charge in [-0.2, -0.15) is 0 Å². The molecule has 0 saturated carbocycles. The van der Waals surface area contributed by atoms with Crippen LogP contribution in [0.15, 0.2) is 24.3 Å². The molecule has 0 heterocycles. The molecule has 0 aliphatic carbocycles. The molecule has 17 heavy (non-hydrogen) atoms. The Labute approximate surface area is 101 Å². The first-order chi connectivity index (χ1) is 8.19. The molecule has 0 fully saturated rings. The van der Waals surface area contributed by atoms with Crippen LogP contribution < -0.4 is 0 Å². The predicted molar refractivity (Wildman–Crippen MR) is 63.9 cm³/mol. The summed E-state index contributed by atoms with van der Waals surface area (Å²) in [4.78, 5) is 11.6. The molecule has 4 heteroatoms. The summed E-state index contributed by atoms with van der Waals surface area (Å²) in [6.07, 6.45) is -0.340. The van der Waals surface area contributed by atoms with Crippen molar-refractivity contribution >= 4 is 5.97 Å². The molecule has 0 unspecified atom stereocenters. The van der Waals surface area contributed by atoms with E-state index in [0.717, 1.165) is 0 Å². The minimum absolute atomic E-state index is 0.168. The Morgan fingerprint density at radius 1 is 1.29 bits per heavy atom. The van der Waals surface area contributed by atoms with Gasteiger partial charge in [-0.05, 0) is 25.5 Å². The molecule has 1 rings (SSSR count). The van der Waals surface area contributed by atoms with E-state index in [0.29, 0.717) is 25.2 Å². The van der Waals surface area contributed by atoms with Crippen molar-refractivity contribution < 1.29 is 19.4 Å². The molecule has 1 N–H and O–H groups in total. The van der Waals surface area contributed by atoms with Crippen LogP contribution >= 0.6 is 0 Å². The first kappa shape index (κ1) is 13.5. The maximum Gasteiger partial charge on any atom is 0.335 e. The maximum absolute atomic E-state index is 11.6. The lowest BCUT2D eigenvalue weighted by atomic mass is 10.1. The highest BCUT2D eigenvalue weighted by molar-refractivity contribution is 5.75. The number of hydrogen-bond acceptors (Lipinski definition) is 4. The predicted octanol–water partition coefficient (Wildman–Crippen LogP) is 1.90. The smallest absolute Gasteiger partial charge is 0.335 e. The summed E-state index contributed by atoms with van der Waals surface area (Å²) in [7, 11) is 0. The molecule has 0 bridgehead atoms. The van der Waals surface area contributed by atoms with Gasteiger partial charge in [-0.15, -0.1) is 0 Å². The van der Waals surface area contributed by atoms with Crippen molar-refractivity contribution in [1.29, 1.82) is 0 Å². The fourth-order valence-corrected chi connectivity index (χ4v) is 1.53. The number of hydrogen-bond donors (Lipinski definition) is 1. The Bertz CT molecular complexity index is 362. The van der Waals surface area contributed by atoms with E-state index in [1.165, 1.54) is 0 Å². The maximum atomic E-state index is 11.6. The molecular weight excluding hydrogens is 220 g/mol. The largest absolute Gasteiger partial charge is 0.508 e. The number of para-hydroxylation sites is 1. The van der Waals surface area contributed by atoms with Gasteiger partial charge in [-0.3, -0.25) is 0 Å². The number of carbonyl (C=O) groups is 1. The number of aromatic hydroxyl groups is 1. The minimum Gasteiger partial charge on any atom is -0.508 e. The molecule has 1 atom stereocenters. The van der Waals surface area contributed by atoms with E-state index in [1.807, 2.05) is 13.0 Å². The topological polar surface area (TPSA) is 55.8 Å². The Kier molecular flexibility index (Phi) is 5.49. The fraction of sp³-hybridized carbons (Fsp3) is 0.462. The van der Waals surface area contributed by atoms with Crippen LogP contribution in [0.1, 0.15) is 19.4 Å². The van der Waals surface area contributed by atoms with Crippen molar-refractivity contribution in [2.24, 2.45) is 0 Å². The van der Waals surface area contributed by atoms with Crippen molar-refractivity contribution in [3.05, 3.63) is 29.8 Å². The Balaban J connectivity index is 2.73. The molecule has 0 amide bonds. The van der Waals surface area contributed by atoms with E-state index in [2.05, 4.69) is 0 Å². The Hall–Kier alpha value is -1.55. The average Bonchev–Trinajstić information content (AvgIpc) is 2.31. The van der Waals surface area contributed by atoms with Crippen LogP contribution in [0.3, 0.4) is 0 Å². The van der Waals surface area contributed by atoms with Gasteiger partial charge in [-0.1, -0.05) is 18.2 Å². The molecule has 1 aromatic rings. The number of rotatable bonds is 6. The number of benzene rings is 1. The number of carbonyl (C=O) groups excluding carboxylic acids is 1. The Morgan fingerprint density at radius 2 is 2.00 bits per heavy atom. The highest BCUT2D eigenvalue weighted by Gasteiger charge is 2.21. The zero-order chi connectivity index (χ0) is 12.7. The van der Waals surface area contributed by atoms with Gasteiger partial charge in [0, 0.05) is 13.0 Å². The summed E-state index contributed by atoms with van der Waals surface area (Å²) in [6.45, 7) is 4.32. The van der Waals surface area contributed by atoms with E-state index in [-0.39, 0.29) is 5.75 Å². The van der Waals surface area contributed by atoms with Gasteiger partial charge in [0.05, 0.1) is 6.61 Å². The number of esters is 1. The minimum atomic E-state index is -0.659. The Morgan fingerprint density at radius 3 is 2.59 bits per heavy atom. The molecule has 0 aliphatic rings. The number of phenolic OH excluding ortho intramolecular Hbond substituents is 1. The summed E-state index contributed by atoms with van der Waals surface area (Å²) in [5.41, 5.74) is 0.680. The molecule has 4 nitrogen and oxygen atoms in total. The third-order valence-electron chi connectivity index (χ3n) is 2.31. The SMILES string of the molecule is CCOC(=O)[C@H](Cc1ccccc1O)OCC. The average molecular weight is 238 g/mol. The summed E-state index contributed by atoms with van der Waals surface area (Å²) in [5.74, 6) is -0.223. The van der Waals surface area contributed by atoms with E-state index >= 15 is 0 Å². The summed E-state index contributed by atoms with van der Waals surface area (Å²) in [5, 5.41) is 9.63. The van der Waals surface area contributed by atoms with Gasteiger partial charge in [-0.25, -0.2) is 4.79 Å². The van der Waals surface area contributed by atoms with E-state index in [4.69, 9.17) is 9.47 Å². The van der Waals surface area contributed by atoms with E-state index in [9.17, 15) is 9.90 Å². The molecule has 0 aromatic heterocycles. The lowest BCUT2D eigenvalue weighted by Crippen LogP contribution is -2.29. The molecule has 0 saturated heterocycles. The molecular formula is C13H18O4. The summed E-state index contributed by atoms with van der Waals surface area (Å²) >= 11 is 0. The normalized spacial score (nSPS) is 12.1. The zero-order valence-electron chi connectivity index (χ0n) is 10.2. The van der Waals surface area contributed by atoms with Crippen LogP contribution in [0.5, 0.6) is 5.75 Å². The standard InChI is InChI=1S/C13H18O4/c1-3-16-12(13(15)17-4-2)9-10-7-5-6-8-11(10)14/h5-8,12,14H,3-4,9H2,1-2H3/t12-/m0/s1. The van der Waals surface area contributed by atoms with Gasteiger partial charge in [0.1, 0.15) is 5.75 Å². The third-order valence-corrected chi connectivity index (χ3v) is 2.31. The quantitative estimate of drug-likeness (QED) is 0.769. The monoisotopic (exact) mass is 238 g/mol. The van der Waals surface area contributed by atoms with E-state index in [1.54, 1.807) is 25.1 Å². The summed E-state index contributed by atoms with van der Waals surface area (Å²) < 4.78 is 10.3. The first-order valence-corrected chi connectivity index (χ1v) is 5.74. The van der Waals surface area contributed by atoms with Crippen LogP contribution in [0.2, 0.25) is 0 Å². The first-order valence-electron chi connectivity index (χ1n) is 5.74. The molecule has 0 spiro atoms. The van der Waals surface area contributed by atoms with Gasteiger partial charge in [0.15, 0.2) is 6.10 Å². The summed E-state index contributed by atoms with van der Waals surface area (Å²) in [6, 6.07) is 6.90. The van der Waals surface area contributed by atoms with E-state index < -0.39 is 12.1 Å². The van der Waals surface area contributed by atoms with Gasteiger partial charge < -0.3 is 14.6 Å². The van der Waals surface area contributed by atoms with Crippen molar-refractivity contribution in [1.82, 2.24) is 0 Å². The number of ether oxygens (including phenoxy) is 2. The number of phenols is 1. The van der Waals surface area contributed by atoms with Crippen LogP contribution in [0.4, 0.5) is 0 Å². The highest BCUT2D eigenvalue weighted by Crippen LogP contribution is 2.18. The third kappa shape index (κ3) is 4.07. The molecule has 0 radical (unpaired) electrons. The van der Waals surface area contributed by atoms with Gasteiger partial charge in [0.2, 0.25) is 0 Å². The van der Waals surface area contributed by atoms with Crippen LogP contribution in [0.25, 0.3) is 0 Å². The van der Waals surface area contributed by atoms with Crippen molar-refractivity contribution in [2.75, 3.05) is 13.2 Å². The van der Waals surface area contributed by atoms with Gasteiger partial charge >= 0.3 is 5.97 Å². The van der Waals surface area contributed by atoms with Crippen LogP contribution in [0, 0.1) is 0 Å². The zero-order valence-corrected chi connectivity index (χ0v) is 10.2. The lowest BCUT2D eigenvalue weighted by molar-refractivity contribution is -0.156. The highest BCUT2D eigenvalue weighted by atomic mass is 16.6. The van der Waals surface area contributed by atoms with Crippen molar-refractivity contribution in [3.63, 3.8) is 0 Å². The molecule has 0 aliphatic heterocycles.